The summed E-state index contributed by atoms with van der Waals surface area (Å²) in [6, 6.07) is 5.10. The van der Waals surface area contributed by atoms with Gasteiger partial charge in [0.05, 0.1) is 11.8 Å². The lowest BCUT2D eigenvalue weighted by Crippen LogP contribution is -2.43. The van der Waals surface area contributed by atoms with Crippen molar-refractivity contribution >= 4 is 17.8 Å². The minimum absolute atomic E-state index is 0.0354. The van der Waals surface area contributed by atoms with Gasteiger partial charge in [0, 0.05) is 26.7 Å². The van der Waals surface area contributed by atoms with Gasteiger partial charge in [0.15, 0.2) is 5.96 Å². The first kappa shape index (κ1) is 18.7. The summed E-state index contributed by atoms with van der Waals surface area (Å²) in [7, 11) is 1.64. The maximum absolute atomic E-state index is 13.6. The smallest absolute Gasteiger partial charge is 0.233 e. The van der Waals surface area contributed by atoms with Crippen molar-refractivity contribution in [3.63, 3.8) is 0 Å². The summed E-state index contributed by atoms with van der Waals surface area (Å²) in [5.74, 6) is 0.387. The Hall–Kier alpha value is -2.70. The number of halogens is 1. The number of guanidine groups is 1. The topological polar surface area (TPSA) is 73.8 Å². The first-order valence-electron chi connectivity index (χ1n) is 9.72. The number of likely N-dealkylation sites (tertiary alicyclic amines) is 1. The zero-order valence-corrected chi connectivity index (χ0v) is 16.1. The van der Waals surface area contributed by atoms with Crippen LogP contribution in [-0.4, -0.2) is 42.8 Å². The van der Waals surface area contributed by atoms with Crippen molar-refractivity contribution in [2.75, 3.05) is 20.1 Å². The van der Waals surface area contributed by atoms with Crippen molar-refractivity contribution in [1.29, 1.82) is 0 Å². The number of rotatable bonds is 5. The number of nitrogens with zero attached hydrogens (tertiary/aromatic N) is 2. The third-order valence-electron chi connectivity index (χ3n) is 6.11. The highest BCUT2D eigenvalue weighted by atomic mass is 19.1. The molecule has 2 bridgehead atoms. The summed E-state index contributed by atoms with van der Waals surface area (Å²) in [5.41, 5.74) is 1.42. The fourth-order valence-corrected chi connectivity index (χ4v) is 4.62. The van der Waals surface area contributed by atoms with Crippen LogP contribution in [0.4, 0.5) is 4.39 Å². The molecule has 1 aromatic rings. The van der Waals surface area contributed by atoms with Crippen molar-refractivity contribution in [2.24, 2.45) is 28.7 Å². The number of aliphatic imine (C=N–C) groups is 1. The van der Waals surface area contributed by atoms with Crippen LogP contribution in [0, 0.1) is 36.4 Å². The quantitative estimate of drug-likeness (QED) is 0.350. The molecule has 4 unspecified atom stereocenters. The SMILES string of the molecule is CN=C(NCCN1C(=O)C2C3C=CC(C3)C2C1=O)NCc1ccc(C)c(F)c1. The second-order valence-electron chi connectivity index (χ2n) is 7.76. The van der Waals surface area contributed by atoms with Crippen LogP contribution in [0.2, 0.25) is 0 Å². The van der Waals surface area contributed by atoms with Crippen LogP contribution < -0.4 is 10.6 Å². The van der Waals surface area contributed by atoms with Crippen LogP contribution >= 0.6 is 0 Å². The maximum Gasteiger partial charge on any atom is 0.233 e. The van der Waals surface area contributed by atoms with Gasteiger partial charge in [-0.25, -0.2) is 4.39 Å². The number of benzene rings is 1. The molecule has 4 atom stereocenters. The van der Waals surface area contributed by atoms with Crippen molar-refractivity contribution in [2.45, 2.75) is 19.9 Å². The summed E-state index contributed by atoms with van der Waals surface area (Å²) >= 11 is 0. The summed E-state index contributed by atoms with van der Waals surface area (Å²) in [5, 5.41) is 6.24. The van der Waals surface area contributed by atoms with E-state index in [1.807, 2.05) is 6.07 Å². The van der Waals surface area contributed by atoms with Gasteiger partial charge in [-0.1, -0.05) is 24.3 Å². The Balaban J connectivity index is 1.28. The molecule has 1 saturated carbocycles. The fraction of sp³-hybridized carbons (Fsp3) is 0.476. The first-order chi connectivity index (χ1) is 13.5. The van der Waals surface area contributed by atoms with E-state index in [0.717, 1.165) is 12.0 Å². The number of nitrogens with one attached hydrogen (secondary N) is 2. The third kappa shape index (κ3) is 3.19. The number of hydrogen-bond acceptors (Lipinski definition) is 3. The molecule has 0 radical (unpaired) electrons. The Labute approximate surface area is 163 Å². The fourth-order valence-electron chi connectivity index (χ4n) is 4.62. The molecule has 2 amide bonds. The van der Waals surface area contributed by atoms with E-state index < -0.39 is 0 Å². The maximum atomic E-state index is 13.6. The highest BCUT2D eigenvalue weighted by Gasteiger charge is 2.58. The van der Waals surface area contributed by atoms with Crippen molar-refractivity contribution < 1.29 is 14.0 Å². The molecule has 1 saturated heterocycles. The van der Waals surface area contributed by atoms with Gasteiger partial charge in [-0.2, -0.15) is 0 Å². The van der Waals surface area contributed by atoms with Crippen molar-refractivity contribution in [3.8, 4) is 0 Å². The van der Waals surface area contributed by atoms with E-state index >= 15 is 0 Å². The van der Waals surface area contributed by atoms with Gasteiger partial charge in [0.2, 0.25) is 11.8 Å². The lowest BCUT2D eigenvalue weighted by Gasteiger charge is -2.18. The molecule has 3 aliphatic rings. The standard InChI is InChI=1S/C21H25FN4O2/c1-12-3-4-13(9-16(12)22)11-25-21(23-2)24-7-8-26-19(27)17-14-5-6-15(10-14)18(17)20(26)28/h3-6,9,14-15,17-18H,7-8,10-11H2,1-2H3,(H2,23,24,25). The molecule has 2 fully saturated rings. The van der Waals surface area contributed by atoms with Gasteiger partial charge in [-0.3, -0.25) is 19.5 Å². The average molecular weight is 384 g/mol. The van der Waals surface area contributed by atoms with Crippen LogP contribution in [0.3, 0.4) is 0 Å². The number of imide groups is 1. The van der Waals surface area contributed by atoms with E-state index in [1.165, 1.54) is 11.0 Å². The summed E-state index contributed by atoms with van der Waals surface area (Å²) in [6.45, 7) is 2.90. The van der Waals surface area contributed by atoms with Crippen molar-refractivity contribution in [3.05, 3.63) is 47.3 Å². The molecule has 28 heavy (non-hydrogen) atoms. The Morgan fingerprint density at radius 3 is 2.46 bits per heavy atom. The van der Waals surface area contributed by atoms with Crippen LogP contribution in [0.1, 0.15) is 17.5 Å². The monoisotopic (exact) mass is 384 g/mol. The number of aryl methyl sites for hydroxylation is 1. The van der Waals surface area contributed by atoms with Gasteiger partial charge in [0.1, 0.15) is 5.82 Å². The highest BCUT2D eigenvalue weighted by molar-refractivity contribution is 6.06. The molecule has 2 N–H and O–H groups in total. The number of fused-ring (bicyclic) bond motifs is 5. The molecular formula is C21H25FN4O2. The molecule has 4 rings (SSSR count). The number of allylic oxidation sites excluding steroid dienone is 2. The largest absolute Gasteiger partial charge is 0.355 e. The highest BCUT2D eigenvalue weighted by Crippen LogP contribution is 2.52. The minimum atomic E-state index is -0.234. The lowest BCUT2D eigenvalue weighted by molar-refractivity contribution is -0.140. The Morgan fingerprint density at radius 2 is 1.86 bits per heavy atom. The summed E-state index contributed by atoms with van der Waals surface area (Å²) in [4.78, 5) is 30.9. The number of hydrogen-bond donors (Lipinski definition) is 2. The van der Waals surface area contributed by atoms with Gasteiger partial charge < -0.3 is 10.6 Å². The zero-order chi connectivity index (χ0) is 19.8. The van der Waals surface area contributed by atoms with Gasteiger partial charge in [0.25, 0.3) is 0 Å². The molecular weight excluding hydrogens is 359 g/mol. The van der Waals surface area contributed by atoms with E-state index in [0.29, 0.717) is 31.2 Å². The second kappa shape index (κ2) is 7.37. The van der Waals surface area contributed by atoms with Gasteiger partial charge in [-0.05, 0) is 42.4 Å². The van der Waals surface area contributed by atoms with E-state index in [1.54, 1.807) is 20.0 Å². The Bertz CT molecular complexity index is 836. The molecule has 148 valence electrons. The van der Waals surface area contributed by atoms with Gasteiger partial charge >= 0.3 is 0 Å². The van der Waals surface area contributed by atoms with Gasteiger partial charge in [-0.15, -0.1) is 0 Å². The van der Waals surface area contributed by atoms with Crippen LogP contribution in [0.25, 0.3) is 0 Å². The average Bonchev–Trinajstić information content (AvgIpc) is 3.36. The number of amides is 2. The number of carbonyl (C=O) groups excluding carboxylic acids is 2. The number of carbonyl (C=O) groups is 2. The van der Waals surface area contributed by atoms with Crippen molar-refractivity contribution in [1.82, 2.24) is 15.5 Å². The molecule has 2 aliphatic carbocycles. The molecule has 0 spiro atoms. The van der Waals surface area contributed by atoms with Crippen LogP contribution in [0.5, 0.6) is 0 Å². The molecule has 1 aliphatic heterocycles. The Morgan fingerprint density at radius 1 is 1.18 bits per heavy atom. The minimum Gasteiger partial charge on any atom is -0.355 e. The summed E-state index contributed by atoms with van der Waals surface area (Å²) < 4.78 is 13.6. The van der Waals surface area contributed by atoms with E-state index in [2.05, 4.69) is 27.8 Å². The molecule has 0 aromatic heterocycles. The Kier molecular flexibility index (Phi) is 4.91. The first-order valence-corrected chi connectivity index (χ1v) is 9.72. The van der Waals surface area contributed by atoms with Crippen LogP contribution in [-0.2, 0) is 16.1 Å². The third-order valence-corrected chi connectivity index (χ3v) is 6.11. The lowest BCUT2D eigenvalue weighted by atomic mass is 9.85. The molecule has 1 aromatic carbocycles. The van der Waals surface area contributed by atoms with E-state index in [9.17, 15) is 14.0 Å². The second-order valence-corrected chi connectivity index (χ2v) is 7.76. The van der Waals surface area contributed by atoms with E-state index in [4.69, 9.17) is 0 Å². The summed E-state index contributed by atoms with van der Waals surface area (Å²) in [6.07, 6.45) is 5.13. The molecule has 6 nitrogen and oxygen atoms in total. The molecule has 1 heterocycles. The predicted molar refractivity (Wildman–Crippen MR) is 104 cm³/mol. The van der Waals surface area contributed by atoms with Crippen LogP contribution in [0.15, 0.2) is 35.3 Å². The zero-order valence-electron chi connectivity index (χ0n) is 16.1. The normalized spacial score (nSPS) is 28.2. The van der Waals surface area contributed by atoms with E-state index in [-0.39, 0.29) is 41.3 Å². The predicted octanol–water partition coefficient (Wildman–Crippen LogP) is 1.61. The molecule has 7 heteroatoms.